The molecule has 3 nitrogen and oxygen atoms in total. The first-order chi connectivity index (χ1) is 9.29. The molecule has 108 valence electrons. The molecule has 1 N–H and O–H groups in total. The van der Waals surface area contributed by atoms with Crippen molar-refractivity contribution in [2.24, 2.45) is 5.92 Å². The average molecular weight is 265 g/mol. The summed E-state index contributed by atoms with van der Waals surface area (Å²) >= 11 is 0. The van der Waals surface area contributed by atoms with Crippen molar-refractivity contribution in [2.45, 2.75) is 59.1 Å². The van der Waals surface area contributed by atoms with Crippen molar-refractivity contribution in [2.75, 3.05) is 13.2 Å². The summed E-state index contributed by atoms with van der Waals surface area (Å²) in [6.45, 7) is 7.67. The van der Waals surface area contributed by atoms with Crippen molar-refractivity contribution in [3.63, 3.8) is 0 Å². The van der Waals surface area contributed by atoms with E-state index in [4.69, 9.17) is 9.15 Å². The number of rotatable bonds is 8. The Morgan fingerprint density at radius 3 is 2.89 bits per heavy atom. The van der Waals surface area contributed by atoms with Gasteiger partial charge in [-0.05, 0) is 44.7 Å². The van der Waals surface area contributed by atoms with E-state index < -0.39 is 0 Å². The van der Waals surface area contributed by atoms with E-state index in [2.05, 4.69) is 18.3 Å². The van der Waals surface area contributed by atoms with Crippen LogP contribution in [0.25, 0.3) is 0 Å². The van der Waals surface area contributed by atoms with Gasteiger partial charge in [0.25, 0.3) is 0 Å². The third-order valence-corrected chi connectivity index (χ3v) is 3.89. The highest BCUT2D eigenvalue weighted by Crippen LogP contribution is 2.25. The van der Waals surface area contributed by atoms with Gasteiger partial charge in [-0.1, -0.05) is 19.8 Å². The summed E-state index contributed by atoms with van der Waals surface area (Å²) in [5.41, 5.74) is 1.26. The minimum absolute atomic E-state index is 0.616. The summed E-state index contributed by atoms with van der Waals surface area (Å²) in [5.74, 6) is 2.76. The molecule has 3 heteroatoms. The SMILES string of the molecule is CCCNCc1cc(COCC2CCCC2)oc1C. The standard InChI is InChI=1S/C16H27NO2/c1-3-8-17-10-15-9-16(19-13(15)2)12-18-11-14-6-4-5-7-14/h9,14,17H,3-8,10-12H2,1-2H3. The van der Waals surface area contributed by atoms with Crippen LogP contribution < -0.4 is 5.32 Å². The molecule has 1 aliphatic carbocycles. The van der Waals surface area contributed by atoms with Crippen LogP contribution in [0.2, 0.25) is 0 Å². The van der Waals surface area contributed by atoms with E-state index >= 15 is 0 Å². The van der Waals surface area contributed by atoms with Crippen molar-refractivity contribution in [3.8, 4) is 0 Å². The molecule has 0 aliphatic heterocycles. The lowest BCUT2D eigenvalue weighted by Gasteiger charge is -2.08. The molecule has 0 bridgehead atoms. The lowest BCUT2D eigenvalue weighted by Crippen LogP contribution is -2.13. The largest absolute Gasteiger partial charge is 0.464 e. The Labute approximate surface area is 116 Å². The number of hydrogen-bond acceptors (Lipinski definition) is 3. The maximum Gasteiger partial charge on any atom is 0.130 e. The Morgan fingerprint density at radius 2 is 2.16 bits per heavy atom. The molecule has 1 heterocycles. The smallest absolute Gasteiger partial charge is 0.130 e. The van der Waals surface area contributed by atoms with Gasteiger partial charge in [-0.25, -0.2) is 0 Å². The average Bonchev–Trinajstić information content (AvgIpc) is 3.01. The minimum atomic E-state index is 0.616. The number of ether oxygens (including phenoxy) is 1. The Balaban J connectivity index is 1.72. The molecule has 0 saturated heterocycles. The van der Waals surface area contributed by atoms with Crippen LogP contribution in [-0.4, -0.2) is 13.2 Å². The summed E-state index contributed by atoms with van der Waals surface area (Å²) in [4.78, 5) is 0. The van der Waals surface area contributed by atoms with E-state index in [-0.39, 0.29) is 0 Å². The second-order valence-corrected chi connectivity index (χ2v) is 5.64. The normalized spacial score (nSPS) is 16.3. The van der Waals surface area contributed by atoms with Crippen LogP contribution in [0.5, 0.6) is 0 Å². The quantitative estimate of drug-likeness (QED) is 0.726. The van der Waals surface area contributed by atoms with Crippen LogP contribution in [0, 0.1) is 12.8 Å². The summed E-state index contributed by atoms with van der Waals surface area (Å²) < 4.78 is 11.5. The number of hydrogen-bond donors (Lipinski definition) is 1. The third kappa shape index (κ3) is 4.66. The van der Waals surface area contributed by atoms with E-state index in [9.17, 15) is 0 Å². The molecule has 0 spiro atoms. The molecular formula is C16H27NO2. The van der Waals surface area contributed by atoms with Crippen LogP contribution in [0.15, 0.2) is 10.5 Å². The zero-order valence-electron chi connectivity index (χ0n) is 12.3. The van der Waals surface area contributed by atoms with Gasteiger partial charge in [-0.3, -0.25) is 0 Å². The predicted molar refractivity (Wildman–Crippen MR) is 77.1 cm³/mol. The molecule has 1 saturated carbocycles. The van der Waals surface area contributed by atoms with Gasteiger partial charge in [0, 0.05) is 18.7 Å². The van der Waals surface area contributed by atoms with Crippen molar-refractivity contribution in [1.29, 1.82) is 0 Å². The van der Waals surface area contributed by atoms with Crippen molar-refractivity contribution >= 4 is 0 Å². The van der Waals surface area contributed by atoms with E-state index in [1.807, 2.05) is 6.92 Å². The molecule has 1 fully saturated rings. The van der Waals surface area contributed by atoms with E-state index in [1.54, 1.807) is 0 Å². The zero-order valence-corrected chi connectivity index (χ0v) is 12.3. The van der Waals surface area contributed by atoms with Crippen LogP contribution in [0.4, 0.5) is 0 Å². The fourth-order valence-corrected chi connectivity index (χ4v) is 2.74. The Hall–Kier alpha value is -0.800. The first kappa shape index (κ1) is 14.6. The minimum Gasteiger partial charge on any atom is -0.464 e. The molecular weight excluding hydrogens is 238 g/mol. The van der Waals surface area contributed by atoms with E-state index in [0.717, 1.165) is 43.6 Å². The number of furan rings is 1. The second kappa shape index (κ2) is 7.71. The third-order valence-electron chi connectivity index (χ3n) is 3.89. The van der Waals surface area contributed by atoms with Crippen LogP contribution in [-0.2, 0) is 17.9 Å². The van der Waals surface area contributed by atoms with Crippen LogP contribution in [0.1, 0.15) is 56.1 Å². The molecule has 1 aromatic heterocycles. The Kier molecular flexibility index (Phi) is 5.93. The summed E-state index contributed by atoms with van der Waals surface area (Å²) in [6, 6.07) is 2.13. The van der Waals surface area contributed by atoms with Gasteiger partial charge >= 0.3 is 0 Å². The highest BCUT2D eigenvalue weighted by molar-refractivity contribution is 5.20. The van der Waals surface area contributed by atoms with Gasteiger partial charge in [-0.2, -0.15) is 0 Å². The van der Waals surface area contributed by atoms with Crippen LogP contribution >= 0.6 is 0 Å². The van der Waals surface area contributed by atoms with Gasteiger partial charge in [0.05, 0.1) is 0 Å². The fraction of sp³-hybridized carbons (Fsp3) is 0.750. The molecule has 1 aliphatic rings. The molecule has 0 unspecified atom stereocenters. The van der Waals surface area contributed by atoms with Crippen molar-refractivity contribution in [1.82, 2.24) is 5.32 Å². The number of nitrogens with one attached hydrogen (secondary N) is 1. The first-order valence-electron chi connectivity index (χ1n) is 7.66. The molecule has 0 aromatic carbocycles. The lowest BCUT2D eigenvalue weighted by molar-refractivity contribution is 0.0767. The Bertz CT molecular complexity index is 367. The molecule has 2 rings (SSSR count). The maximum absolute atomic E-state index is 5.78. The molecule has 0 atom stereocenters. The molecule has 0 amide bonds. The zero-order chi connectivity index (χ0) is 13.5. The highest BCUT2D eigenvalue weighted by Gasteiger charge is 2.15. The highest BCUT2D eigenvalue weighted by atomic mass is 16.5. The molecule has 19 heavy (non-hydrogen) atoms. The van der Waals surface area contributed by atoms with Gasteiger partial charge < -0.3 is 14.5 Å². The lowest BCUT2D eigenvalue weighted by atomic mass is 10.1. The van der Waals surface area contributed by atoms with E-state index in [1.165, 1.54) is 31.2 Å². The molecule has 0 radical (unpaired) electrons. The molecule has 1 aromatic rings. The topological polar surface area (TPSA) is 34.4 Å². The fourth-order valence-electron chi connectivity index (χ4n) is 2.74. The summed E-state index contributed by atoms with van der Waals surface area (Å²) in [7, 11) is 0. The van der Waals surface area contributed by atoms with Gasteiger partial charge in [-0.15, -0.1) is 0 Å². The number of aryl methyl sites for hydroxylation is 1. The monoisotopic (exact) mass is 265 g/mol. The predicted octanol–water partition coefficient (Wildman–Crippen LogP) is 3.79. The van der Waals surface area contributed by atoms with Crippen LogP contribution in [0.3, 0.4) is 0 Å². The Morgan fingerprint density at radius 1 is 1.37 bits per heavy atom. The van der Waals surface area contributed by atoms with Crippen molar-refractivity contribution < 1.29 is 9.15 Å². The van der Waals surface area contributed by atoms with Crippen molar-refractivity contribution in [3.05, 3.63) is 23.2 Å². The van der Waals surface area contributed by atoms with Gasteiger partial charge in [0.2, 0.25) is 0 Å². The van der Waals surface area contributed by atoms with Gasteiger partial charge in [0.1, 0.15) is 18.1 Å². The van der Waals surface area contributed by atoms with Gasteiger partial charge in [0.15, 0.2) is 0 Å². The summed E-state index contributed by atoms with van der Waals surface area (Å²) in [5, 5.41) is 3.41. The first-order valence-corrected chi connectivity index (χ1v) is 7.66. The summed E-state index contributed by atoms with van der Waals surface area (Å²) in [6.07, 6.45) is 6.59. The second-order valence-electron chi connectivity index (χ2n) is 5.64. The maximum atomic E-state index is 5.78. The van der Waals surface area contributed by atoms with E-state index in [0.29, 0.717) is 6.61 Å².